The molecule has 0 saturated carbocycles. The second kappa shape index (κ2) is 6.77. The van der Waals surface area contributed by atoms with Gasteiger partial charge in [-0.05, 0) is 18.6 Å². The van der Waals surface area contributed by atoms with E-state index in [0.29, 0.717) is 31.3 Å². The molecule has 0 bridgehead atoms. The van der Waals surface area contributed by atoms with Crippen molar-refractivity contribution in [3.63, 3.8) is 0 Å². The quantitative estimate of drug-likeness (QED) is 0.777. The molecule has 1 aromatic carbocycles. The van der Waals surface area contributed by atoms with Gasteiger partial charge in [0.1, 0.15) is 19.8 Å². The van der Waals surface area contributed by atoms with Gasteiger partial charge >= 0.3 is 0 Å². The van der Waals surface area contributed by atoms with Crippen LogP contribution in [0.15, 0.2) is 23.1 Å². The van der Waals surface area contributed by atoms with Crippen LogP contribution in [0.4, 0.5) is 0 Å². The van der Waals surface area contributed by atoms with Crippen molar-refractivity contribution in [3.05, 3.63) is 18.2 Å². The number of rotatable bonds is 6. The third-order valence-electron chi connectivity index (χ3n) is 2.65. The maximum absolute atomic E-state index is 12.1. The number of nitrogens with one attached hydrogen (secondary N) is 1. The van der Waals surface area contributed by atoms with Crippen LogP contribution >= 0.6 is 0 Å². The lowest BCUT2D eigenvalue weighted by molar-refractivity contribution is -0.123. The zero-order valence-electron chi connectivity index (χ0n) is 11.6. The second-order valence-corrected chi connectivity index (χ2v) is 6.07. The first-order valence-electron chi connectivity index (χ1n) is 6.56. The largest absolute Gasteiger partial charge is 0.486 e. The van der Waals surface area contributed by atoms with E-state index in [2.05, 4.69) is 0 Å². The first-order valence-corrected chi connectivity index (χ1v) is 8.04. The molecule has 8 heteroatoms. The first kappa shape index (κ1) is 15.6. The summed E-state index contributed by atoms with van der Waals surface area (Å²) in [6.07, 6.45) is 0.752. The van der Waals surface area contributed by atoms with Crippen molar-refractivity contribution in [2.45, 2.75) is 18.2 Å². The van der Waals surface area contributed by atoms with Crippen molar-refractivity contribution in [2.24, 2.45) is 0 Å². The van der Waals surface area contributed by atoms with Gasteiger partial charge in [0.15, 0.2) is 11.5 Å². The SMILES string of the molecule is CCCOCC(=O)NS(=O)(=O)c1ccc2c(c1)OCCO2. The Balaban J connectivity index is 2.07. The van der Waals surface area contributed by atoms with E-state index in [1.54, 1.807) is 0 Å². The molecule has 0 radical (unpaired) electrons. The van der Waals surface area contributed by atoms with Crippen molar-refractivity contribution in [1.29, 1.82) is 0 Å². The molecular weight excluding hydrogens is 298 g/mol. The molecule has 0 spiro atoms. The molecule has 1 N–H and O–H groups in total. The van der Waals surface area contributed by atoms with Gasteiger partial charge in [-0.1, -0.05) is 6.92 Å². The maximum atomic E-state index is 12.1. The number of carbonyl (C=O) groups excluding carboxylic acids is 1. The Hall–Kier alpha value is -1.80. The number of ether oxygens (including phenoxy) is 3. The predicted octanol–water partition coefficient (Wildman–Crippen LogP) is 0.689. The van der Waals surface area contributed by atoms with Crippen molar-refractivity contribution < 1.29 is 27.4 Å². The highest BCUT2D eigenvalue weighted by atomic mass is 32.2. The summed E-state index contributed by atoms with van der Waals surface area (Å²) in [6, 6.07) is 4.19. The standard InChI is InChI=1S/C13H17NO6S/c1-2-5-18-9-13(15)14-21(16,17)10-3-4-11-12(8-10)20-7-6-19-11/h3-4,8H,2,5-7,9H2,1H3,(H,14,15). The highest BCUT2D eigenvalue weighted by molar-refractivity contribution is 7.90. The lowest BCUT2D eigenvalue weighted by atomic mass is 10.3. The molecule has 21 heavy (non-hydrogen) atoms. The molecular formula is C13H17NO6S. The van der Waals surface area contributed by atoms with Crippen LogP contribution in [-0.4, -0.2) is 40.8 Å². The van der Waals surface area contributed by atoms with Crippen molar-refractivity contribution in [1.82, 2.24) is 4.72 Å². The second-order valence-electron chi connectivity index (χ2n) is 4.39. The number of benzene rings is 1. The average Bonchev–Trinajstić information content (AvgIpc) is 2.46. The fraction of sp³-hybridized carbons (Fsp3) is 0.462. The number of amides is 1. The lowest BCUT2D eigenvalue weighted by Gasteiger charge is -2.18. The minimum atomic E-state index is -3.95. The Morgan fingerprint density at radius 2 is 2.00 bits per heavy atom. The summed E-state index contributed by atoms with van der Waals surface area (Å²) in [5.41, 5.74) is 0. The van der Waals surface area contributed by atoms with Crippen LogP contribution in [0.1, 0.15) is 13.3 Å². The molecule has 0 aromatic heterocycles. The minimum absolute atomic E-state index is 0.0596. The monoisotopic (exact) mass is 315 g/mol. The molecule has 1 aliphatic heterocycles. The van der Waals surface area contributed by atoms with Gasteiger partial charge in [0.25, 0.3) is 15.9 Å². The molecule has 2 rings (SSSR count). The summed E-state index contributed by atoms with van der Waals surface area (Å²) in [5, 5.41) is 0. The predicted molar refractivity (Wildman–Crippen MR) is 73.9 cm³/mol. The van der Waals surface area contributed by atoms with Crippen molar-refractivity contribution in [3.8, 4) is 11.5 Å². The summed E-state index contributed by atoms with van der Waals surface area (Å²) in [7, 11) is -3.95. The van der Waals surface area contributed by atoms with Gasteiger partial charge in [0.05, 0.1) is 4.90 Å². The van der Waals surface area contributed by atoms with Crippen LogP contribution in [-0.2, 0) is 19.6 Å². The van der Waals surface area contributed by atoms with Crippen molar-refractivity contribution in [2.75, 3.05) is 26.4 Å². The highest BCUT2D eigenvalue weighted by Gasteiger charge is 2.21. The third kappa shape index (κ3) is 4.08. The van der Waals surface area contributed by atoms with Crippen LogP contribution < -0.4 is 14.2 Å². The number of fused-ring (bicyclic) bond motifs is 1. The normalized spacial score (nSPS) is 13.8. The zero-order valence-corrected chi connectivity index (χ0v) is 12.4. The molecule has 1 amide bonds. The Morgan fingerprint density at radius 1 is 1.29 bits per heavy atom. The molecule has 0 fully saturated rings. The zero-order chi connectivity index (χ0) is 15.3. The van der Waals surface area contributed by atoms with Crippen LogP contribution in [0.5, 0.6) is 11.5 Å². The van der Waals surface area contributed by atoms with Crippen LogP contribution in [0.25, 0.3) is 0 Å². The van der Waals surface area contributed by atoms with Gasteiger partial charge in [-0.25, -0.2) is 13.1 Å². The molecule has 0 aliphatic carbocycles. The Labute approximate surface area is 123 Å². The number of carbonyl (C=O) groups is 1. The number of hydrogen-bond acceptors (Lipinski definition) is 6. The fourth-order valence-electron chi connectivity index (χ4n) is 1.74. The van der Waals surface area contributed by atoms with E-state index in [-0.39, 0.29) is 11.5 Å². The van der Waals surface area contributed by atoms with E-state index < -0.39 is 15.9 Å². The van der Waals surface area contributed by atoms with Gasteiger partial charge in [-0.2, -0.15) is 0 Å². The first-order chi connectivity index (χ1) is 10.0. The van der Waals surface area contributed by atoms with Gasteiger partial charge < -0.3 is 14.2 Å². The molecule has 1 heterocycles. The van der Waals surface area contributed by atoms with Crippen molar-refractivity contribution >= 4 is 15.9 Å². The average molecular weight is 315 g/mol. The van der Waals surface area contributed by atoms with E-state index in [9.17, 15) is 13.2 Å². The van der Waals surface area contributed by atoms with E-state index in [1.165, 1.54) is 18.2 Å². The number of hydrogen-bond donors (Lipinski definition) is 1. The molecule has 1 aliphatic rings. The van der Waals surface area contributed by atoms with Crippen LogP contribution in [0, 0.1) is 0 Å². The Bertz CT molecular complexity index is 613. The summed E-state index contributed by atoms with van der Waals surface area (Å²) < 4.78 is 41.7. The summed E-state index contributed by atoms with van der Waals surface area (Å²) in [5.74, 6) is 0.120. The molecule has 7 nitrogen and oxygen atoms in total. The van der Waals surface area contributed by atoms with Gasteiger partial charge in [0.2, 0.25) is 0 Å². The molecule has 0 atom stereocenters. The van der Waals surface area contributed by atoms with Crippen LogP contribution in [0.3, 0.4) is 0 Å². The minimum Gasteiger partial charge on any atom is -0.486 e. The maximum Gasteiger partial charge on any atom is 0.264 e. The smallest absolute Gasteiger partial charge is 0.264 e. The summed E-state index contributed by atoms with van der Waals surface area (Å²) in [4.78, 5) is 11.5. The summed E-state index contributed by atoms with van der Waals surface area (Å²) in [6.45, 7) is 2.78. The van der Waals surface area contributed by atoms with E-state index in [4.69, 9.17) is 14.2 Å². The van der Waals surface area contributed by atoms with Crippen LogP contribution in [0.2, 0.25) is 0 Å². The van der Waals surface area contributed by atoms with E-state index in [0.717, 1.165) is 6.42 Å². The number of sulfonamides is 1. The van der Waals surface area contributed by atoms with Gasteiger partial charge in [0, 0.05) is 12.7 Å². The topological polar surface area (TPSA) is 90.9 Å². The molecule has 0 unspecified atom stereocenters. The third-order valence-corrected chi connectivity index (χ3v) is 4.02. The molecule has 0 saturated heterocycles. The molecule has 116 valence electrons. The van der Waals surface area contributed by atoms with E-state index >= 15 is 0 Å². The van der Waals surface area contributed by atoms with E-state index in [1.807, 2.05) is 11.6 Å². The lowest BCUT2D eigenvalue weighted by Crippen LogP contribution is -2.33. The Morgan fingerprint density at radius 3 is 2.71 bits per heavy atom. The summed E-state index contributed by atoms with van der Waals surface area (Å²) >= 11 is 0. The Kier molecular flexibility index (Phi) is 5.03. The highest BCUT2D eigenvalue weighted by Crippen LogP contribution is 2.32. The fourth-order valence-corrected chi connectivity index (χ4v) is 2.72. The molecule has 1 aromatic rings. The van der Waals surface area contributed by atoms with Gasteiger partial charge in [-0.3, -0.25) is 4.79 Å². The van der Waals surface area contributed by atoms with Gasteiger partial charge in [-0.15, -0.1) is 0 Å².